The smallest absolute Gasteiger partial charge is 0.129 e. The minimum Gasteiger partial charge on any atom is -0.359 e. The van der Waals surface area contributed by atoms with Crippen molar-refractivity contribution >= 4 is 11.4 Å². The quantitative estimate of drug-likeness (QED) is 0.508. The van der Waals surface area contributed by atoms with E-state index < -0.39 is 0 Å². The van der Waals surface area contributed by atoms with Crippen LogP contribution in [0.2, 0.25) is 0 Å². The molecule has 138 valence electrons. The minimum absolute atomic E-state index is 0.104. The van der Waals surface area contributed by atoms with Gasteiger partial charge in [-0.1, -0.05) is 26.0 Å². The molecule has 0 saturated heterocycles. The Labute approximate surface area is 148 Å². The number of rotatable bonds is 12. The Hall–Kier alpha value is -1.26. The number of nitrogens with zero attached hydrogens (tertiary/aromatic N) is 2. The third-order valence-electron chi connectivity index (χ3n) is 4.29. The molecular formula is C20H36N2O2. The molecule has 0 aliphatic rings. The van der Waals surface area contributed by atoms with Gasteiger partial charge in [-0.25, -0.2) is 0 Å². The van der Waals surface area contributed by atoms with Gasteiger partial charge in [0.15, 0.2) is 0 Å². The molecule has 4 heteroatoms. The van der Waals surface area contributed by atoms with Gasteiger partial charge in [-0.3, -0.25) is 0 Å². The first-order valence-corrected chi connectivity index (χ1v) is 9.53. The molecule has 2 atom stereocenters. The average molecular weight is 337 g/mol. The van der Waals surface area contributed by atoms with Crippen LogP contribution in [0.25, 0.3) is 0 Å². The molecule has 0 saturated carbocycles. The molecule has 0 fully saturated rings. The van der Waals surface area contributed by atoms with Crippen molar-refractivity contribution in [2.75, 3.05) is 36.1 Å². The zero-order valence-corrected chi connectivity index (χ0v) is 16.4. The van der Waals surface area contributed by atoms with Crippen LogP contribution in [0.3, 0.4) is 0 Å². The molecule has 0 heterocycles. The number of anilines is 2. The van der Waals surface area contributed by atoms with Gasteiger partial charge in [-0.2, -0.15) is 0 Å². The van der Waals surface area contributed by atoms with E-state index in [1.807, 2.05) is 0 Å². The van der Waals surface area contributed by atoms with Gasteiger partial charge in [-0.15, -0.1) is 0 Å². The Morgan fingerprint density at radius 3 is 1.33 bits per heavy atom. The van der Waals surface area contributed by atoms with Crippen molar-refractivity contribution in [3.05, 3.63) is 24.3 Å². The standard InChI is InChI=1S/C20H36N2O2/c1-7-19(23-11-5)21(9-3)17-15-13-14-16-18(17)22(10-4)20(8-2)24-12-6/h13-16,19-20H,7-12H2,1-6H3. The molecule has 1 aromatic rings. The molecule has 0 amide bonds. The lowest BCUT2D eigenvalue weighted by molar-refractivity contribution is 0.0553. The highest BCUT2D eigenvalue weighted by Crippen LogP contribution is 2.33. The van der Waals surface area contributed by atoms with Crippen LogP contribution >= 0.6 is 0 Å². The van der Waals surface area contributed by atoms with Crippen LogP contribution in [0.4, 0.5) is 11.4 Å². The minimum atomic E-state index is 0.104. The molecule has 0 aliphatic heterocycles. The first-order chi connectivity index (χ1) is 11.7. The monoisotopic (exact) mass is 336 g/mol. The summed E-state index contributed by atoms with van der Waals surface area (Å²) < 4.78 is 12.0. The van der Waals surface area contributed by atoms with E-state index in [9.17, 15) is 0 Å². The summed E-state index contributed by atoms with van der Waals surface area (Å²) in [7, 11) is 0. The van der Waals surface area contributed by atoms with E-state index in [2.05, 4.69) is 75.6 Å². The van der Waals surface area contributed by atoms with Crippen molar-refractivity contribution in [1.29, 1.82) is 0 Å². The van der Waals surface area contributed by atoms with Crippen molar-refractivity contribution in [2.24, 2.45) is 0 Å². The lowest BCUT2D eigenvalue weighted by Crippen LogP contribution is -2.41. The van der Waals surface area contributed by atoms with E-state index >= 15 is 0 Å². The van der Waals surface area contributed by atoms with Crippen LogP contribution in [0.1, 0.15) is 54.4 Å². The van der Waals surface area contributed by atoms with Crippen molar-refractivity contribution in [2.45, 2.75) is 66.8 Å². The number of benzene rings is 1. The molecule has 1 aromatic carbocycles. The summed E-state index contributed by atoms with van der Waals surface area (Å²) in [6, 6.07) is 8.61. The zero-order chi connectivity index (χ0) is 17.9. The van der Waals surface area contributed by atoms with E-state index in [0.29, 0.717) is 0 Å². The molecule has 0 N–H and O–H groups in total. The highest BCUT2D eigenvalue weighted by Gasteiger charge is 2.23. The maximum atomic E-state index is 5.98. The number of ether oxygens (including phenoxy) is 2. The van der Waals surface area contributed by atoms with Crippen molar-refractivity contribution in [3.8, 4) is 0 Å². The van der Waals surface area contributed by atoms with Gasteiger partial charge in [0.25, 0.3) is 0 Å². The fourth-order valence-corrected chi connectivity index (χ4v) is 3.25. The topological polar surface area (TPSA) is 24.9 Å². The molecule has 0 radical (unpaired) electrons. The van der Waals surface area contributed by atoms with E-state index in [1.165, 1.54) is 11.4 Å². The second-order valence-electron chi connectivity index (χ2n) is 5.70. The third-order valence-corrected chi connectivity index (χ3v) is 4.29. The van der Waals surface area contributed by atoms with Crippen molar-refractivity contribution in [3.63, 3.8) is 0 Å². The van der Waals surface area contributed by atoms with Gasteiger partial charge in [0, 0.05) is 26.3 Å². The van der Waals surface area contributed by atoms with Gasteiger partial charge in [0.05, 0.1) is 11.4 Å². The van der Waals surface area contributed by atoms with Gasteiger partial charge in [0.2, 0.25) is 0 Å². The normalized spacial score (nSPS) is 13.6. The molecule has 4 nitrogen and oxygen atoms in total. The fraction of sp³-hybridized carbons (Fsp3) is 0.700. The predicted molar refractivity (Wildman–Crippen MR) is 104 cm³/mol. The molecule has 0 spiro atoms. The van der Waals surface area contributed by atoms with Crippen LogP contribution < -0.4 is 9.80 Å². The molecular weight excluding hydrogens is 300 g/mol. The summed E-state index contributed by atoms with van der Waals surface area (Å²) >= 11 is 0. The lowest BCUT2D eigenvalue weighted by atomic mass is 10.2. The number of para-hydroxylation sites is 2. The van der Waals surface area contributed by atoms with Crippen LogP contribution in [0.5, 0.6) is 0 Å². The fourth-order valence-electron chi connectivity index (χ4n) is 3.25. The second-order valence-corrected chi connectivity index (χ2v) is 5.70. The highest BCUT2D eigenvalue weighted by molar-refractivity contribution is 5.71. The number of hydrogen-bond acceptors (Lipinski definition) is 4. The highest BCUT2D eigenvalue weighted by atomic mass is 16.5. The first-order valence-electron chi connectivity index (χ1n) is 9.53. The van der Waals surface area contributed by atoms with Crippen LogP contribution in [0.15, 0.2) is 24.3 Å². The van der Waals surface area contributed by atoms with Crippen LogP contribution in [-0.2, 0) is 9.47 Å². The Kier molecular flexibility index (Phi) is 9.80. The maximum Gasteiger partial charge on any atom is 0.129 e. The third kappa shape index (κ3) is 5.12. The molecule has 0 bridgehead atoms. The van der Waals surface area contributed by atoms with E-state index in [4.69, 9.17) is 9.47 Å². The molecule has 0 aromatic heterocycles. The Balaban J connectivity index is 3.24. The molecule has 2 unspecified atom stereocenters. The Bertz CT molecular complexity index is 412. The van der Waals surface area contributed by atoms with Gasteiger partial charge in [0.1, 0.15) is 12.5 Å². The van der Waals surface area contributed by atoms with E-state index in [1.54, 1.807) is 0 Å². The maximum absolute atomic E-state index is 5.98. The van der Waals surface area contributed by atoms with Gasteiger partial charge < -0.3 is 19.3 Å². The van der Waals surface area contributed by atoms with Crippen LogP contribution in [0, 0.1) is 0 Å². The zero-order valence-electron chi connectivity index (χ0n) is 16.4. The van der Waals surface area contributed by atoms with Crippen LogP contribution in [-0.4, -0.2) is 38.8 Å². The average Bonchev–Trinajstić information content (AvgIpc) is 2.62. The molecule has 24 heavy (non-hydrogen) atoms. The van der Waals surface area contributed by atoms with E-state index in [-0.39, 0.29) is 12.5 Å². The number of hydrogen-bond donors (Lipinski definition) is 0. The predicted octanol–water partition coefficient (Wildman–Crippen LogP) is 4.88. The SMILES string of the molecule is CCOC(CC)N(CC)c1ccccc1N(CC)C(CC)OCC. The summed E-state index contributed by atoms with van der Waals surface area (Å²) in [5.41, 5.74) is 2.45. The summed E-state index contributed by atoms with van der Waals surface area (Å²) in [6.45, 7) is 16.1. The molecule has 0 aliphatic carbocycles. The van der Waals surface area contributed by atoms with Crippen molar-refractivity contribution in [1.82, 2.24) is 0 Å². The summed E-state index contributed by atoms with van der Waals surface area (Å²) in [6.07, 6.45) is 2.13. The largest absolute Gasteiger partial charge is 0.359 e. The van der Waals surface area contributed by atoms with Gasteiger partial charge >= 0.3 is 0 Å². The molecule has 1 rings (SSSR count). The summed E-state index contributed by atoms with van der Waals surface area (Å²) in [5, 5.41) is 0. The van der Waals surface area contributed by atoms with Crippen molar-refractivity contribution < 1.29 is 9.47 Å². The Morgan fingerprint density at radius 1 is 0.708 bits per heavy atom. The van der Waals surface area contributed by atoms with E-state index in [0.717, 1.165) is 39.1 Å². The van der Waals surface area contributed by atoms with Gasteiger partial charge in [-0.05, 0) is 52.7 Å². The Morgan fingerprint density at radius 2 is 1.08 bits per heavy atom. The second kappa shape index (κ2) is 11.3. The summed E-state index contributed by atoms with van der Waals surface area (Å²) in [5.74, 6) is 0. The lowest BCUT2D eigenvalue weighted by Gasteiger charge is -2.38. The first kappa shape index (κ1) is 20.8. The summed E-state index contributed by atoms with van der Waals surface area (Å²) in [4.78, 5) is 4.72.